The third-order valence-electron chi connectivity index (χ3n) is 5.32. The third-order valence-corrected chi connectivity index (χ3v) is 5.57. The molecule has 0 aliphatic carbocycles. The predicted molar refractivity (Wildman–Crippen MR) is 123 cm³/mol. The number of guanidine groups is 1. The van der Waals surface area contributed by atoms with Gasteiger partial charge >= 0.3 is 0 Å². The number of benzene rings is 2. The molecule has 3 rings (SSSR count). The first kappa shape index (κ1) is 22.1. The number of nitrogens with one attached hydrogen (secondary N) is 2. The molecule has 2 N–H and O–H groups in total. The first-order valence-corrected chi connectivity index (χ1v) is 10.7. The Bertz CT molecular complexity index is 860. The summed E-state index contributed by atoms with van der Waals surface area (Å²) < 4.78 is 0. The molecule has 2 aromatic rings. The van der Waals surface area contributed by atoms with Crippen LogP contribution in [0.1, 0.15) is 21.5 Å². The molecule has 1 amide bonds. The highest BCUT2D eigenvalue weighted by Crippen LogP contribution is 2.13. The Kier molecular flexibility index (Phi) is 8.11. The largest absolute Gasteiger partial charge is 0.356 e. The molecule has 0 bridgehead atoms. The van der Waals surface area contributed by atoms with E-state index in [0.717, 1.165) is 62.2 Å². The van der Waals surface area contributed by atoms with E-state index in [2.05, 4.69) is 37.6 Å². The number of aliphatic imine (C=N–C) groups is 1. The molecule has 1 saturated heterocycles. The van der Waals surface area contributed by atoms with Crippen molar-refractivity contribution in [3.8, 4) is 0 Å². The molecule has 1 fully saturated rings. The van der Waals surface area contributed by atoms with Gasteiger partial charge in [0.1, 0.15) is 0 Å². The lowest BCUT2D eigenvalue weighted by Crippen LogP contribution is -2.52. The molecule has 30 heavy (non-hydrogen) atoms. The Morgan fingerprint density at radius 2 is 1.80 bits per heavy atom. The number of hydrogen-bond donors (Lipinski definition) is 2. The molecule has 0 atom stereocenters. The topological polar surface area (TPSA) is 60.0 Å². The molecule has 0 saturated carbocycles. The van der Waals surface area contributed by atoms with Crippen molar-refractivity contribution in [2.45, 2.75) is 13.0 Å². The molecule has 0 unspecified atom stereocenters. The fourth-order valence-electron chi connectivity index (χ4n) is 3.63. The van der Waals surface area contributed by atoms with Crippen molar-refractivity contribution in [2.24, 2.45) is 4.99 Å². The lowest BCUT2D eigenvalue weighted by molar-refractivity contribution is 0.0963. The monoisotopic (exact) mass is 427 g/mol. The van der Waals surface area contributed by atoms with Gasteiger partial charge in [-0.05, 0) is 41.8 Å². The average Bonchev–Trinajstić information content (AvgIpc) is 2.78. The number of nitrogens with zero attached hydrogens (tertiary/aromatic N) is 3. The average molecular weight is 428 g/mol. The van der Waals surface area contributed by atoms with Crippen molar-refractivity contribution in [2.75, 3.05) is 46.8 Å². The van der Waals surface area contributed by atoms with Gasteiger partial charge in [0.2, 0.25) is 0 Å². The van der Waals surface area contributed by atoms with Crippen molar-refractivity contribution < 1.29 is 4.79 Å². The Labute approximate surface area is 183 Å². The molecule has 0 radical (unpaired) electrons. The fourth-order valence-corrected chi connectivity index (χ4v) is 3.76. The van der Waals surface area contributed by atoms with Crippen LogP contribution in [-0.2, 0) is 13.0 Å². The molecule has 0 aromatic heterocycles. The van der Waals surface area contributed by atoms with Crippen molar-refractivity contribution >= 4 is 23.5 Å². The summed E-state index contributed by atoms with van der Waals surface area (Å²) in [5, 5.41) is 6.91. The molecule has 1 aliphatic rings. The molecular weight excluding hydrogens is 398 g/mol. The highest BCUT2D eigenvalue weighted by molar-refractivity contribution is 6.30. The van der Waals surface area contributed by atoms with Crippen molar-refractivity contribution in [3.05, 3.63) is 70.2 Å². The van der Waals surface area contributed by atoms with Crippen molar-refractivity contribution in [1.82, 2.24) is 20.4 Å². The van der Waals surface area contributed by atoms with Gasteiger partial charge in [-0.15, -0.1) is 0 Å². The Morgan fingerprint density at radius 1 is 1.07 bits per heavy atom. The molecular formula is C23H30ClN5O. The van der Waals surface area contributed by atoms with Crippen molar-refractivity contribution in [1.29, 1.82) is 0 Å². The molecule has 6 nitrogen and oxygen atoms in total. The van der Waals surface area contributed by atoms with E-state index in [9.17, 15) is 4.79 Å². The normalized spacial score (nSPS) is 15.2. The molecule has 1 aliphatic heterocycles. The van der Waals surface area contributed by atoms with Gasteiger partial charge < -0.3 is 15.5 Å². The maximum Gasteiger partial charge on any atom is 0.251 e. The summed E-state index contributed by atoms with van der Waals surface area (Å²) in [6, 6.07) is 15.8. The minimum absolute atomic E-state index is 0.0582. The van der Waals surface area contributed by atoms with Gasteiger partial charge in [-0.1, -0.05) is 35.9 Å². The highest BCUT2D eigenvalue weighted by Gasteiger charge is 2.19. The maximum absolute atomic E-state index is 11.8. The van der Waals surface area contributed by atoms with E-state index in [4.69, 9.17) is 11.6 Å². The molecule has 1 heterocycles. The van der Waals surface area contributed by atoms with E-state index in [-0.39, 0.29) is 5.91 Å². The number of rotatable bonds is 6. The van der Waals surface area contributed by atoms with Gasteiger partial charge in [-0.3, -0.25) is 14.7 Å². The van der Waals surface area contributed by atoms with E-state index in [1.165, 1.54) is 5.56 Å². The number of carbonyl (C=O) groups excluding carboxylic acids is 1. The van der Waals surface area contributed by atoms with Gasteiger partial charge in [-0.2, -0.15) is 0 Å². The minimum Gasteiger partial charge on any atom is -0.356 e. The van der Waals surface area contributed by atoms with Crippen LogP contribution >= 0.6 is 11.6 Å². The first-order chi connectivity index (χ1) is 14.6. The second-order valence-corrected chi connectivity index (χ2v) is 7.83. The van der Waals surface area contributed by atoms with Crippen LogP contribution in [0.5, 0.6) is 0 Å². The number of hydrogen-bond acceptors (Lipinski definition) is 3. The lowest BCUT2D eigenvalue weighted by Gasteiger charge is -2.36. The predicted octanol–water partition coefficient (Wildman–Crippen LogP) is 2.64. The summed E-state index contributed by atoms with van der Waals surface area (Å²) in [7, 11) is 3.48. The lowest BCUT2D eigenvalue weighted by atomic mass is 10.1. The number of piperazine rings is 1. The second kappa shape index (κ2) is 11.0. The van der Waals surface area contributed by atoms with Crippen molar-refractivity contribution in [3.63, 3.8) is 0 Å². The zero-order chi connectivity index (χ0) is 21.3. The van der Waals surface area contributed by atoms with Crippen LogP contribution in [0.15, 0.2) is 53.5 Å². The number of carbonyl (C=O) groups is 1. The van der Waals surface area contributed by atoms with E-state index in [1.54, 1.807) is 7.05 Å². The summed E-state index contributed by atoms with van der Waals surface area (Å²) >= 11 is 5.98. The Balaban J connectivity index is 1.45. The van der Waals surface area contributed by atoms with E-state index in [0.29, 0.717) is 5.56 Å². The number of halogens is 1. The number of amides is 1. The quantitative estimate of drug-likeness (QED) is 0.549. The van der Waals surface area contributed by atoms with E-state index < -0.39 is 0 Å². The van der Waals surface area contributed by atoms with Gasteiger partial charge in [0.05, 0.1) is 0 Å². The first-order valence-electron chi connectivity index (χ1n) is 10.3. The second-order valence-electron chi connectivity index (χ2n) is 7.39. The minimum atomic E-state index is -0.0582. The van der Waals surface area contributed by atoms with Crippen LogP contribution in [0, 0.1) is 0 Å². The summed E-state index contributed by atoms with van der Waals surface area (Å²) in [5.41, 5.74) is 3.11. The fraction of sp³-hybridized carbons (Fsp3) is 0.391. The third kappa shape index (κ3) is 6.21. The molecule has 0 spiro atoms. The van der Waals surface area contributed by atoms with Crippen LogP contribution in [0.2, 0.25) is 5.02 Å². The molecule has 7 heteroatoms. The smallest absolute Gasteiger partial charge is 0.251 e. The van der Waals surface area contributed by atoms with Crippen LogP contribution in [0.25, 0.3) is 0 Å². The van der Waals surface area contributed by atoms with E-state index in [1.807, 2.05) is 43.4 Å². The summed E-state index contributed by atoms with van der Waals surface area (Å²) in [6.45, 7) is 5.60. The Hall–Kier alpha value is -2.57. The van der Waals surface area contributed by atoms with Crippen LogP contribution in [0.3, 0.4) is 0 Å². The molecule has 2 aromatic carbocycles. The SMILES string of the molecule is CN=C(NCCc1cccc(C(=O)NC)c1)N1CCN(Cc2ccc(Cl)cc2)CC1. The van der Waals surface area contributed by atoms with Crippen LogP contribution < -0.4 is 10.6 Å². The van der Waals surface area contributed by atoms with E-state index >= 15 is 0 Å². The zero-order valence-electron chi connectivity index (χ0n) is 17.7. The summed E-state index contributed by atoms with van der Waals surface area (Å²) in [6.07, 6.45) is 0.834. The standard InChI is InChI=1S/C23H30ClN5O/c1-25-22(30)20-5-3-4-18(16-20)10-11-27-23(26-2)29-14-12-28(13-15-29)17-19-6-8-21(24)9-7-19/h3-9,16H,10-15,17H2,1-2H3,(H,25,30)(H,26,27). The summed E-state index contributed by atoms with van der Waals surface area (Å²) in [5.74, 6) is 0.876. The summed E-state index contributed by atoms with van der Waals surface area (Å²) in [4.78, 5) is 21.0. The van der Waals surface area contributed by atoms with Gasteiger partial charge in [-0.25, -0.2) is 0 Å². The zero-order valence-corrected chi connectivity index (χ0v) is 18.5. The maximum atomic E-state index is 11.8. The van der Waals surface area contributed by atoms with Crippen LogP contribution in [-0.4, -0.2) is 68.5 Å². The molecule has 160 valence electrons. The Morgan fingerprint density at radius 3 is 2.47 bits per heavy atom. The van der Waals surface area contributed by atoms with Gasteiger partial charge in [0.25, 0.3) is 5.91 Å². The highest BCUT2D eigenvalue weighted by atomic mass is 35.5. The van der Waals surface area contributed by atoms with Crippen LogP contribution in [0.4, 0.5) is 0 Å². The van der Waals surface area contributed by atoms with Gasteiger partial charge in [0.15, 0.2) is 5.96 Å². The van der Waals surface area contributed by atoms with Gasteiger partial charge in [0, 0.05) is 63.9 Å².